The maximum atomic E-state index is 12.2. The summed E-state index contributed by atoms with van der Waals surface area (Å²) < 4.78 is 75.3. The topological polar surface area (TPSA) is 294 Å². The molecule has 6 aromatic rings. The standard InChI is InChI=1S/C12H13N3O4S.C12H15N3O2S.C6H4ClNO4S.C5H9N3/c1-14-9-10(8-13-14)6-7-20(18,19)12-5-3-2-4-11(12)15(16)17;1-15-9-10(8-14-15)6-7-18(16,17)12-5-3-2-4-11(12)13;7-13(11,12)6-4-2-1-3-5(6)8(9)10;1-8-4-5(2-6)3-7-8/h2-5,8-9H,6-7H2,1H3;2-5,8-9H,6-7,13H2,1H3;1-4H;3-4H,2,6H2,1H3. The van der Waals surface area contributed by atoms with Crippen molar-refractivity contribution in [3.8, 4) is 0 Å². The van der Waals surface area contributed by atoms with E-state index >= 15 is 0 Å². The number of hydrogen-bond donors (Lipinski definition) is 2. The minimum atomic E-state index is -4.05. The lowest BCUT2D eigenvalue weighted by Crippen LogP contribution is -2.11. The van der Waals surface area contributed by atoms with Crippen LogP contribution in [0.4, 0.5) is 17.1 Å². The zero-order chi connectivity index (χ0) is 44.0. The van der Waals surface area contributed by atoms with Crippen molar-refractivity contribution in [3.63, 3.8) is 0 Å². The van der Waals surface area contributed by atoms with E-state index in [1.54, 1.807) is 71.1 Å². The van der Waals surface area contributed by atoms with Gasteiger partial charge in [0.2, 0.25) is 0 Å². The zero-order valence-electron chi connectivity index (χ0n) is 31.8. The van der Waals surface area contributed by atoms with Crippen LogP contribution in [-0.4, -0.2) is 75.9 Å². The maximum Gasteiger partial charge on any atom is 0.289 e. The van der Waals surface area contributed by atoms with E-state index in [-0.39, 0.29) is 27.7 Å². The fourth-order valence-corrected chi connectivity index (χ4v) is 8.89. The van der Waals surface area contributed by atoms with Gasteiger partial charge in [-0.15, -0.1) is 0 Å². The Bertz CT molecular complexity index is 2700. The molecule has 24 heteroatoms. The minimum absolute atomic E-state index is 0.0346. The lowest BCUT2D eigenvalue weighted by molar-refractivity contribution is -0.388. The summed E-state index contributed by atoms with van der Waals surface area (Å²) in [5.74, 6) is -0.156. The van der Waals surface area contributed by atoms with Gasteiger partial charge in [-0.1, -0.05) is 36.4 Å². The smallest absolute Gasteiger partial charge is 0.289 e. The molecule has 0 fully saturated rings. The third-order valence-electron chi connectivity index (χ3n) is 7.81. The van der Waals surface area contributed by atoms with Crippen molar-refractivity contribution in [3.05, 3.63) is 147 Å². The monoisotopic (exact) mass is 892 g/mol. The highest BCUT2D eigenvalue weighted by molar-refractivity contribution is 8.13. The minimum Gasteiger partial charge on any atom is -0.398 e. The molecule has 0 saturated carbocycles. The molecule has 0 aliphatic heterocycles. The fraction of sp³-hybridized carbons (Fsp3) is 0.229. The van der Waals surface area contributed by atoms with Crippen molar-refractivity contribution in [1.82, 2.24) is 29.3 Å². The summed E-state index contributed by atoms with van der Waals surface area (Å²) in [7, 11) is -0.709. The van der Waals surface area contributed by atoms with Gasteiger partial charge in [-0.2, -0.15) is 15.3 Å². The molecule has 6 rings (SSSR count). The molecule has 0 aliphatic carbocycles. The predicted octanol–water partition coefficient (Wildman–Crippen LogP) is 3.76. The molecule has 0 radical (unpaired) electrons. The molecule has 3 aromatic carbocycles. The van der Waals surface area contributed by atoms with Crippen molar-refractivity contribution in [2.75, 3.05) is 17.2 Å². The predicted molar refractivity (Wildman–Crippen MR) is 219 cm³/mol. The molecule has 0 amide bonds. The number of nitro benzene ring substituents is 2. The maximum absolute atomic E-state index is 12.2. The Labute approximate surface area is 344 Å². The third kappa shape index (κ3) is 14.7. The third-order valence-corrected chi connectivity index (χ3v) is 12.7. The molecule has 316 valence electrons. The average molecular weight is 893 g/mol. The van der Waals surface area contributed by atoms with Crippen molar-refractivity contribution in [2.24, 2.45) is 26.9 Å². The van der Waals surface area contributed by atoms with Crippen molar-refractivity contribution >= 4 is 56.5 Å². The van der Waals surface area contributed by atoms with Crippen LogP contribution in [0.5, 0.6) is 0 Å². The van der Waals surface area contributed by atoms with Crippen LogP contribution in [0.15, 0.2) is 125 Å². The molecule has 0 spiro atoms. The van der Waals surface area contributed by atoms with Gasteiger partial charge in [0.1, 0.15) is 4.90 Å². The van der Waals surface area contributed by atoms with E-state index in [4.69, 9.17) is 22.1 Å². The summed E-state index contributed by atoms with van der Waals surface area (Å²) in [6, 6.07) is 16.8. The van der Waals surface area contributed by atoms with Gasteiger partial charge >= 0.3 is 0 Å². The van der Waals surface area contributed by atoms with E-state index in [9.17, 15) is 45.5 Å². The lowest BCUT2D eigenvalue weighted by Gasteiger charge is -2.06. The highest BCUT2D eigenvalue weighted by atomic mass is 35.7. The number of nitrogens with two attached hydrogens (primary N) is 2. The molecule has 0 bridgehead atoms. The molecule has 0 aliphatic rings. The number of para-hydroxylation sites is 3. The molecular formula is C35H41ClN10O10S3. The number of nitrogens with zero attached hydrogens (tertiary/aromatic N) is 8. The Morgan fingerprint density at radius 1 is 0.593 bits per heavy atom. The first-order valence-corrected chi connectivity index (χ1v) is 22.6. The summed E-state index contributed by atoms with van der Waals surface area (Å²) in [6.07, 6.45) is 11.1. The number of anilines is 1. The van der Waals surface area contributed by atoms with Crippen LogP contribution in [0.2, 0.25) is 0 Å². The Kier molecular flexibility index (Phi) is 17.0. The summed E-state index contributed by atoms with van der Waals surface area (Å²) in [6.45, 7) is 0.577. The van der Waals surface area contributed by atoms with Gasteiger partial charge < -0.3 is 11.5 Å². The number of rotatable bonds is 12. The SMILES string of the molecule is Cn1cc(CCS(=O)(=O)c2ccccc2N)cn1.Cn1cc(CCS(=O)(=O)c2ccccc2[N+](=O)[O-])cn1.Cn1cc(CN)cn1.O=[N+]([O-])c1ccccc1S(=O)(=O)Cl. The van der Waals surface area contributed by atoms with Crippen LogP contribution in [-0.2, 0) is 69.3 Å². The Morgan fingerprint density at radius 2 is 0.949 bits per heavy atom. The van der Waals surface area contributed by atoms with E-state index in [0.29, 0.717) is 18.7 Å². The number of aryl methyl sites for hydroxylation is 5. The van der Waals surface area contributed by atoms with E-state index in [1.807, 2.05) is 19.4 Å². The van der Waals surface area contributed by atoms with Gasteiger partial charge in [0.15, 0.2) is 24.6 Å². The summed E-state index contributed by atoms with van der Waals surface area (Å²) in [5.41, 5.74) is 13.1. The zero-order valence-corrected chi connectivity index (χ0v) is 35.1. The second-order valence-electron chi connectivity index (χ2n) is 12.3. The molecule has 0 atom stereocenters. The summed E-state index contributed by atoms with van der Waals surface area (Å²) in [5, 5.41) is 33.1. The van der Waals surface area contributed by atoms with Crippen LogP contribution >= 0.6 is 10.7 Å². The van der Waals surface area contributed by atoms with Crippen molar-refractivity contribution in [1.29, 1.82) is 0 Å². The van der Waals surface area contributed by atoms with E-state index in [0.717, 1.165) is 28.8 Å². The number of aromatic nitrogens is 6. The highest BCUT2D eigenvalue weighted by Crippen LogP contribution is 2.26. The van der Waals surface area contributed by atoms with Gasteiger partial charge in [0.05, 0.1) is 50.5 Å². The Hall–Kier alpha value is -6.01. The molecule has 20 nitrogen and oxygen atoms in total. The van der Waals surface area contributed by atoms with Crippen LogP contribution in [0.25, 0.3) is 0 Å². The van der Waals surface area contributed by atoms with Gasteiger partial charge in [-0.3, -0.25) is 34.3 Å². The number of nitrogen functional groups attached to an aromatic ring is 1. The fourth-order valence-electron chi connectivity index (χ4n) is 4.95. The lowest BCUT2D eigenvalue weighted by atomic mass is 10.3. The van der Waals surface area contributed by atoms with Gasteiger partial charge in [-0.25, -0.2) is 25.3 Å². The molecule has 59 heavy (non-hydrogen) atoms. The molecular weight excluding hydrogens is 852 g/mol. The van der Waals surface area contributed by atoms with Crippen LogP contribution < -0.4 is 11.5 Å². The van der Waals surface area contributed by atoms with Crippen molar-refractivity contribution in [2.45, 2.75) is 34.1 Å². The number of benzene rings is 3. The first-order chi connectivity index (χ1) is 27.6. The second-order valence-corrected chi connectivity index (χ2v) is 19.0. The van der Waals surface area contributed by atoms with E-state index in [2.05, 4.69) is 15.3 Å². The Balaban J connectivity index is 0.000000220. The van der Waals surface area contributed by atoms with Crippen LogP contribution in [0.1, 0.15) is 16.7 Å². The normalized spacial score (nSPS) is 11.2. The molecule has 4 N–H and O–H groups in total. The molecule has 0 saturated heterocycles. The van der Waals surface area contributed by atoms with Crippen LogP contribution in [0.3, 0.4) is 0 Å². The number of hydrogen-bond acceptors (Lipinski definition) is 15. The molecule has 3 heterocycles. The first kappa shape index (κ1) is 47.4. The van der Waals surface area contributed by atoms with Gasteiger partial charge in [-0.05, 0) is 48.2 Å². The van der Waals surface area contributed by atoms with E-state index in [1.165, 1.54) is 42.5 Å². The Morgan fingerprint density at radius 3 is 1.29 bits per heavy atom. The number of nitro groups is 2. The first-order valence-electron chi connectivity index (χ1n) is 17.0. The van der Waals surface area contributed by atoms with E-state index < -0.39 is 54.8 Å². The van der Waals surface area contributed by atoms with Gasteiger partial charge in [0.25, 0.3) is 20.4 Å². The molecule has 0 unspecified atom stereocenters. The number of sulfone groups is 2. The van der Waals surface area contributed by atoms with Gasteiger partial charge in [0, 0.05) is 74.7 Å². The summed E-state index contributed by atoms with van der Waals surface area (Å²) in [4.78, 5) is 19.2. The largest absolute Gasteiger partial charge is 0.398 e. The summed E-state index contributed by atoms with van der Waals surface area (Å²) >= 11 is 0. The average Bonchev–Trinajstić information content (AvgIpc) is 3.94. The van der Waals surface area contributed by atoms with Crippen LogP contribution in [0, 0.1) is 20.2 Å². The quantitative estimate of drug-likeness (QED) is 0.0765. The number of halogens is 1. The second kappa shape index (κ2) is 21.1. The molecule has 3 aromatic heterocycles. The van der Waals surface area contributed by atoms with Crippen molar-refractivity contribution < 1.29 is 35.1 Å². The highest BCUT2D eigenvalue weighted by Gasteiger charge is 2.25.